The molecule has 0 unspecified atom stereocenters. The van der Waals surface area contributed by atoms with Crippen molar-refractivity contribution in [2.75, 3.05) is 11.9 Å². The molecule has 0 saturated heterocycles. The van der Waals surface area contributed by atoms with Gasteiger partial charge in [-0.05, 0) is 42.3 Å². The van der Waals surface area contributed by atoms with Gasteiger partial charge in [-0.2, -0.15) is 13.2 Å². The van der Waals surface area contributed by atoms with Crippen molar-refractivity contribution < 1.29 is 17.9 Å². The van der Waals surface area contributed by atoms with Crippen molar-refractivity contribution in [1.29, 1.82) is 0 Å². The molecule has 0 bridgehead atoms. The van der Waals surface area contributed by atoms with E-state index in [1.807, 2.05) is 31.2 Å². The monoisotopic (exact) mass is 488 g/mol. The second-order valence-electron chi connectivity index (χ2n) is 7.45. The summed E-state index contributed by atoms with van der Waals surface area (Å²) in [6, 6.07) is 18.2. The highest BCUT2D eigenvalue weighted by molar-refractivity contribution is 7.25. The van der Waals surface area contributed by atoms with Crippen LogP contribution in [0.15, 0.2) is 66.9 Å². The number of alkyl halides is 3. The molecule has 0 aliphatic rings. The second-order valence-corrected chi connectivity index (χ2v) is 9.56. The maximum absolute atomic E-state index is 13.6. The van der Waals surface area contributed by atoms with Crippen LogP contribution >= 0.6 is 22.7 Å². The average Bonchev–Trinajstić information content (AvgIpc) is 3.47. The Morgan fingerprint density at radius 1 is 0.909 bits per heavy atom. The Balaban J connectivity index is 1.49. The number of ether oxygens (including phenoxy) is 1. The van der Waals surface area contributed by atoms with Crippen LogP contribution < -0.4 is 10.1 Å². The number of anilines is 2. The van der Waals surface area contributed by atoms with Crippen LogP contribution in [-0.4, -0.2) is 11.6 Å². The molecule has 4 rings (SSSR count). The first-order valence-electron chi connectivity index (χ1n) is 10.7. The van der Waals surface area contributed by atoms with Gasteiger partial charge in [0.05, 0.1) is 17.0 Å². The summed E-state index contributed by atoms with van der Waals surface area (Å²) < 4.78 is 46.2. The largest absolute Gasteiger partial charge is 0.493 e. The lowest BCUT2D eigenvalue weighted by Crippen LogP contribution is -2.10. The molecule has 1 N–H and O–H groups in total. The van der Waals surface area contributed by atoms with Gasteiger partial charge in [0, 0.05) is 21.6 Å². The van der Waals surface area contributed by atoms with Gasteiger partial charge in [0.15, 0.2) is 5.13 Å². The fourth-order valence-electron chi connectivity index (χ4n) is 3.29. The molecule has 2 aromatic carbocycles. The molecule has 0 saturated carbocycles. The SMILES string of the molecule is CCCCCOc1ccc(Nc2ncc(-c3ccc(-c4ccccc4)s3)s2)cc1C(F)(F)F. The number of benzene rings is 2. The molecule has 2 heterocycles. The third kappa shape index (κ3) is 5.94. The zero-order valence-electron chi connectivity index (χ0n) is 18.0. The molecule has 2 aromatic heterocycles. The highest BCUT2D eigenvalue weighted by Gasteiger charge is 2.34. The molecule has 0 radical (unpaired) electrons. The molecular weight excluding hydrogens is 465 g/mol. The number of thiophene rings is 1. The van der Waals surface area contributed by atoms with Gasteiger partial charge in [0.2, 0.25) is 0 Å². The number of hydrogen-bond acceptors (Lipinski definition) is 5. The number of aromatic nitrogens is 1. The molecule has 33 heavy (non-hydrogen) atoms. The zero-order valence-corrected chi connectivity index (χ0v) is 19.6. The van der Waals surface area contributed by atoms with Gasteiger partial charge in [0.1, 0.15) is 5.75 Å². The Morgan fingerprint density at radius 2 is 1.70 bits per heavy atom. The van der Waals surface area contributed by atoms with Gasteiger partial charge in [-0.1, -0.05) is 61.4 Å². The quantitative estimate of drug-likeness (QED) is 0.239. The summed E-state index contributed by atoms with van der Waals surface area (Å²) in [5.41, 5.74) is 0.681. The molecule has 3 nitrogen and oxygen atoms in total. The van der Waals surface area contributed by atoms with E-state index in [1.54, 1.807) is 23.6 Å². The van der Waals surface area contributed by atoms with Crippen LogP contribution in [0.4, 0.5) is 24.0 Å². The number of halogens is 3. The summed E-state index contributed by atoms with van der Waals surface area (Å²) >= 11 is 3.06. The van der Waals surface area contributed by atoms with Crippen LogP contribution in [0.1, 0.15) is 31.7 Å². The van der Waals surface area contributed by atoms with E-state index in [4.69, 9.17) is 4.74 Å². The molecule has 0 aliphatic carbocycles. The van der Waals surface area contributed by atoms with Gasteiger partial charge in [-0.15, -0.1) is 11.3 Å². The van der Waals surface area contributed by atoms with Gasteiger partial charge in [-0.25, -0.2) is 4.98 Å². The van der Waals surface area contributed by atoms with Gasteiger partial charge in [-0.3, -0.25) is 0 Å². The molecule has 0 spiro atoms. The summed E-state index contributed by atoms with van der Waals surface area (Å²) in [5, 5.41) is 3.54. The van der Waals surface area contributed by atoms with Crippen molar-refractivity contribution in [1.82, 2.24) is 4.98 Å². The Bertz CT molecular complexity index is 1190. The molecule has 0 fully saturated rings. The van der Waals surface area contributed by atoms with E-state index >= 15 is 0 Å². The number of unbranched alkanes of at least 4 members (excludes halogenated alkanes) is 2. The summed E-state index contributed by atoms with van der Waals surface area (Å²) in [6.45, 7) is 2.30. The van der Waals surface area contributed by atoms with Crippen molar-refractivity contribution in [3.05, 3.63) is 72.4 Å². The van der Waals surface area contributed by atoms with Crippen molar-refractivity contribution in [3.63, 3.8) is 0 Å². The second kappa shape index (κ2) is 10.4. The first-order valence-corrected chi connectivity index (χ1v) is 12.3. The lowest BCUT2D eigenvalue weighted by Gasteiger charge is -2.15. The molecule has 172 valence electrons. The predicted molar refractivity (Wildman–Crippen MR) is 131 cm³/mol. The Labute approximate surface area is 198 Å². The Hall–Kier alpha value is -2.84. The third-order valence-corrected chi connectivity index (χ3v) is 7.20. The van der Waals surface area contributed by atoms with E-state index in [0.717, 1.165) is 45.5 Å². The highest BCUT2D eigenvalue weighted by atomic mass is 32.1. The van der Waals surface area contributed by atoms with E-state index < -0.39 is 11.7 Å². The van der Waals surface area contributed by atoms with Crippen molar-refractivity contribution in [3.8, 4) is 25.9 Å². The molecular formula is C25H23F3N2OS2. The van der Waals surface area contributed by atoms with Crippen LogP contribution in [0.5, 0.6) is 5.75 Å². The first kappa shape index (κ1) is 23.3. The van der Waals surface area contributed by atoms with E-state index in [1.165, 1.54) is 17.4 Å². The molecule has 0 aliphatic heterocycles. The first-order chi connectivity index (χ1) is 15.9. The zero-order chi connectivity index (χ0) is 23.3. The van der Waals surface area contributed by atoms with Crippen molar-refractivity contribution in [2.45, 2.75) is 32.4 Å². The topological polar surface area (TPSA) is 34.1 Å². The predicted octanol–water partition coefficient (Wildman–Crippen LogP) is 8.87. The van der Waals surface area contributed by atoms with Gasteiger partial charge < -0.3 is 10.1 Å². The fourth-order valence-corrected chi connectivity index (χ4v) is 5.21. The molecule has 4 aromatic rings. The highest BCUT2D eigenvalue weighted by Crippen LogP contribution is 2.41. The maximum Gasteiger partial charge on any atom is 0.420 e. The number of thiazole rings is 1. The number of rotatable bonds is 9. The lowest BCUT2D eigenvalue weighted by atomic mass is 10.1. The van der Waals surface area contributed by atoms with Crippen molar-refractivity contribution in [2.24, 2.45) is 0 Å². The van der Waals surface area contributed by atoms with Gasteiger partial charge in [0.25, 0.3) is 0 Å². The summed E-state index contributed by atoms with van der Waals surface area (Å²) in [5.74, 6) is -0.143. The average molecular weight is 489 g/mol. The molecule has 0 amide bonds. The van der Waals surface area contributed by atoms with Crippen LogP contribution in [-0.2, 0) is 6.18 Å². The van der Waals surface area contributed by atoms with E-state index in [2.05, 4.69) is 28.5 Å². The summed E-state index contributed by atoms with van der Waals surface area (Å²) in [4.78, 5) is 7.52. The van der Waals surface area contributed by atoms with Crippen LogP contribution in [0.25, 0.3) is 20.2 Å². The minimum atomic E-state index is -4.50. The number of nitrogens with zero attached hydrogens (tertiary/aromatic N) is 1. The Kier molecular flexibility index (Phi) is 7.35. The van der Waals surface area contributed by atoms with Crippen LogP contribution in [0.3, 0.4) is 0 Å². The molecule has 0 atom stereocenters. The van der Waals surface area contributed by atoms with E-state index in [-0.39, 0.29) is 12.4 Å². The van der Waals surface area contributed by atoms with Gasteiger partial charge >= 0.3 is 6.18 Å². The smallest absolute Gasteiger partial charge is 0.420 e. The van der Waals surface area contributed by atoms with E-state index in [9.17, 15) is 13.2 Å². The number of hydrogen-bond donors (Lipinski definition) is 1. The molecule has 8 heteroatoms. The van der Waals surface area contributed by atoms with E-state index in [0.29, 0.717) is 10.8 Å². The minimum absolute atomic E-state index is 0.143. The lowest BCUT2D eigenvalue weighted by molar-refractivity contribution is -0.138. The minimum Gasteiger partial charge on any atom is -0.493 e. The fraction of sp³-hybridized carbons (Fsp3) is 0.240. The van der Waals surface area contributed by atoms with Crippen molar-refractivity contribution >= 4 is 33.5 Å². The summed E-state index contributed by atoms with van der Waals surface area (Å²) in [7, 11) is 0. The van der Waals surface area contributed by atoms with Crippen LogP contribution in [0, 0.1) is 0 Å². The Morgan fingerprint density at radius 3 is 2.45 bits per heavy atom. The number of nitrogens with one attached hydrogen (secondary N) is 1. The standard InChI is InChI=1S/C25H23F3N2OS2/c1-2-3-7-14-31-20-11-10-18(15-19(20)25(26,27)28)30-24-29-16-23(33-24)22-13-12-21(32-22)17-8-5-4-6-9-17/h4-6,8-13,15-16H,2-3,7,14H2,1H3,(H,29,30). The third-order valence-electron chi connectivity index (χ3n) is 4.95. The van der Waals surface area contributed by atoms with Crippen LogP contribution in [0.2, 0.25) is 0 Å². The summed E-state index contributed by atoms with van der Waals surface area (Å²) in [6.07, 6.45) is -0.137. The maximum atomic E-state index is 13.6. The normalized spacial score (nSPS) is 11.5.